The normalized spacial score (nSPS) is 11.7. The molecular weight excluding hydrogens is 344 g/mol. The van der Waals surface area contributed by atoms with E-state index in [-0.39, 0.29) is 5.56 Å². The van der Waals surface area contributed by atoms with Gasteiger partial charge in [0, 0.05) is 15.7 Å². The molecule has 23 heavy (non-hydrogen) atoms. The Morgan fingerprint density at radius 3 is 2.35 bits per heavy atom. The van der Waals surface area contributed by atoms with Crippen LogP contribution < -0.4 is 5.32 Å². The van der Waals surface area contributed by atoms with Crippen LogP contribution in [0.4, 0.5) is 10.1 Å². The molecule has 1 amide bonds. The van der Waals surface area contributed by atoms with Crippen molar-refractivity contribution in [3.63, 3.8) is 0 Å². The van der Waals surface area contributed by atoms with Gasteiger partial charge in [0.05, 0.1) is 5.56 Å². The standard InChI is InChI=1S/C16H12Cl2FNO3/c1-9(23-16(22)13-4-2-3-5-14(13)19)15(21)20-12-7-10(17)6-11(18)8-12/h2-9H,1H3,(H,20,21)/t9-/m0/s1. The van der Waals surface area contributed by atoms with Gasteiger partial charge in [-0.2, -0.15) is 0 Å². The topological polar surface area (TPSA) is 55.4 Å². The number of benzene rings is 2. The lowest BCUT2D eigenvalue weighted by Crippen LogP contribution is -2.30. The van der Waals surface area contributed by atoms with Crippen LogP contribution in [0.1, 0.15) is 17.3 Å². The van der Waals surface area contributed by atoms with Gasteiger partial charge in [-0.3, -0.25) is 4.79 Å². The van der Waals surface area contributed by atoms with Crippen LogP contribution in [0.15, 0.2) is 42.5 Å². The van der Waals surface area contributed by atoms with Crippen LogP contribution >= 0.6 is 23.2 Å². The minimum atomic E-state index is -1.13. The highest BCUT2D eigenvalue weighted by Crippen LogP contribution is 2.22. The lowest BCUT2D eigenvalue weighted by Gasteiger charge is -2.14. The minimum Gasteiger partial charge on any atom is -0.449 e. The molecule has 0 bridgehead atoms. The SMILES string of the molecule is C[C@H](OC(=O)c1ccccc1F)C(=O)Nc1cc(Cl)cc(Cl)c1. The van der Waals surface area contributed by atoms with Crippen molar-refractivity contribution < 1.29 is 18.7 Å². The van der Waals surface area contributed by atoms with Crippen LogP contribution in [-0.2, 0) is 9.53 Å². The molecule has 120 valence electrons. The number of rotatable bonds is 4. The zero-order chi connectivity index (χ0) is 17.0. The van der Waals surface area contributed by atoms with Crippen LogP contribution in [0.5, 0.6) is 0 Å². The Morgan fingerprint density at radius 1 is 1.13 bits per heavy atom. The smallest absolute Gasteiger partial charge is 0.341 e. The number of amides is 1. The van der Waals surface area contributed by atoms with Gasteiger partial charge < -0.3 is 10.1 Å². The van der Waals surface area contributed by atoms with E-state index < -0.39 is 23.8 Å². The monoisotopic (exact) mass is 355 g/mol. The van der Waals surface area contributed by atoms with Gasteiger partial charge in [0.15, 0.2) is 6.10 Å². The van der Waals surface area contributed by atoms with E-state index in [0.29, 0.717) is 15.7 Å². The third-order valence-electron chi connectivity index (χ3n) is 2.88. The number of ether oxygens (including phenoxy) is 1. The highest BCUT2D eigenvalue weighted by Gasteiger charge is 2.21. The number of carbonyl (C=O) groups is 2. The third-order valence-corrected chi connectivity index (χ3v) is 3.31. The van der Waals surface area contributed by atoms with Crippen molar-refractivity contribution in [2.24, 2.45) is 0 Å². The maximum atomic E-state index is 13.5. The van der Waals surface area contributed by atoms with Crippen molar-refractivity contribution >= 4 is 40.8 Å². The second kappa shape index (κ2) is 7.44. The van der Waals surface area contributed by atoms with Crippen molar-refractivity contribution in [3.05, 3.63) is 63.9 Å². The summed E-state index contributed by atoms with van der Waals surface area (Å²) in [5.74, 6) is -2.23. The van der Waals surface area contributed by atoms with Gasteiger partial charge in [0.1, 0.15) is 5.82 Å². The highest BCUT2D eigenvalue weighted by atomic mass is 35.5. The number of carbonyl (C=O) groups excluding carboxylic acids is 2. The second-order valence-corrected chi connectivity index (χ2v) is 5.55. The first kappa shape index (κ1) is 17.2. The molecule has 7 heteroatoms. The van der Waals surface area contributed by atoms with Crippen LogP contribution in [0.2, 0.25) is 10.0 Å². The largest absolute Gasteiger partial charge is 0.449 e. The molecule has 1 N–H and O–H groups in total. The number of nitrogens with one attached hydrogen (secondary N) is 1. The van der Waals surface area contributed by atoms with E-state index in [0.717, 1.165) is 6.07 Å². The van der Waals surface area contributed by atoms with E-state index in [9.17, 15) is 14.0 Å². The zero-order valence-electron chi connectivity index (χ0n) is 12.0. The summed E-state index contributed by atoms with van der Waals surface area (Å²) in [6.45, 7) is 1.38. The van der Waals surface area contributed by atoms with Gasteiger partial charge in [-0.1, -0.05) is 35.3 Å². The molecule has 0 aliphatic heterocycles. The first-order valence-electron chi connectivity index (χ1n) is 6.59. The Morgan fingerprint density at radius 2 is 1.74 bits per heavy atom. The summed E-state index contributed by atoms with van der Waals surface area (Å²) < 4.78 is 18.5. The zero-order valence-corrected chi connectivity index (χ0v) is 13.5. The van der Waals surface area contributed by atoms with Crippen LogP contribution in [0.25, 0.3) is 0 Å². The molecule has 0 heterocycles. The minimum absolute atomic E-state index is 0.238. The molecular formula is C16H12Cl2FNO3. The van der Waals surface area contributed by atoms with E-state index >= 15 is 0 Å². The summed E-state index contributed by atoms with van der Waals surface area (Å²) in [5.41, 5.74) is 0.124. The van der Waals surface area contributed by atoms with Crippen molar-refractivity contribution in [1.82, 2.24) is 0 Å². The molecule has 0 aliphatic rings. The first-order chi connectivity index (χ1) is 10.9. The molecule has 1 atom stereocenters. The summed E-state index contributed by atoms with van der Waals surface area (Å²) in [4.78, 5) is 23.9. The fraction of sp³-hybridized carbons (Fsp3) is 0.125. The maximum absolute atomic E-state index is 13.5. The van der Waals surface area contributed by atoms with Gasteiger partial charge in [0.2, 0.25) is 0 Å². The van der Waals surface area contributed by atoms with E-state index in [1.165, 1.54) is 43.3 Å². The van der Waals surface area contributed by atoms with Crippen LogP contribution in [0.3, 0.4) is 0 Å². The van der Waals surface area contributed by atoms with Gasteiger partial charge in [-0.05, 0) is 37.3 Å². The number of hydrogen-bond acceptors (Lipinski definition) is 3. The second-order valence-electron chi connectivity index (χ2n) is 4.67. The molecule has 0 unspecified atom stereocenters. The quantitative estimate of drug-likeness (QED) is 0.831. The molecule has 2 aromatic carbocycles. The Hall–Kier alpha value is -2.11. The average Bonchev–Trinajstić information content (AvgIpc) is 2.46. The Kier molecular flexibility index (Phi) is 5.58. The van der Waals surface area contributed by atoms with Gasteiger partial charge in [-0.25, -0.2) is 9.18 Å². The van der Waals surface area contributed by atoms with E-state index in [2.05, 4.69) is 5.32 Å². The Labute approximate surface area is 142 Å². The lowest BCUT2D eigenvalue weighted by atomic mass is 10.2. The Bertz CT molecular complexity index is 732. The summed E-state index contributed by atoms with van der Waals surface area (Å²) in [6, 6.07) is 9.87. The van der Waals surface area contributed by atoms with E-state index in [4.69, 9.17) is 27.9 Å². The molecule has 0 spiro atoms. The third kappa shape index (κ3) is 4.68. The molecule has 0 radical (unpaired) electrons. The number of esters is 1. The van der Waals surface area contributed by atoms with Crippen LogP contribution in [0, 0.1) is 5.82 Å². The maximum Gasteiger partial charge on any atom is 0.341 e. The van der Waals surface area contributed by atoms with E-state index in [1.54, 1.807) is 0 Å². The summed E-state index contributed by atoms with van der Waals surface area (Å²) >= 11 is 11.7. The summed E-state index contributed by atoms with van der Waals surface area (Å²) in [5, 5.41) is 3.22. The molecule has 0 fully saturated rings. The highest BCUT2D eigenvalue weighted by molar-refractivity contribution is 6.35. The lowest BCUT2D eigenvalue weighted by molar-refractivity contribution is -0.123. The van der Waals surface area contributed by atoms with Crippen LogP contribution in [-0.4, -0.2) is 18.0 Å². The molecule has 0 aliphatic carbocycles. The molecule has 4 nitrogen and oxygen atoms in total. The van der Waals surface area contributed by atoms with Gasteiger partial charge >= 0.3 is 5.97 Å². The number of halogens is 3. The molecule has 0 aromatic heterocycles. The summed E-state index contributed by atoms with van der Waals surface area (Å²) in [7, 11) is 0. The van der Waals surface area contributed by atoms with Crippen molar-refractivity contribution in [2.45, 2.75) is 13.0 Å². The summed E-state index contributed by atoms with van der Waals surface area (Å²) in [6.07, 6.45) is -1.13. The molecule has 2 aromatic rings. The fourth-order valence-electron chi connectivity index (χ4n) is 1.77. The number of anilines is 1. The van der Waals surface area contributed by atoms with Gasteiger partial charge in [-0.15, -0.1) is 0 Å². The Balaban J connectivity index is 2.02. The van der Waals surface area contributed by atoms with Crippen molar-refractivity contribution in [2.75, 3.05) is 5.32 Å². The molecule has 0 saturated carbocycles. The first-order valence-corrected chi connectivity index (χ1v) is 7.35. The fourth-order valence-corrected chi connectivity index (χ4v) is 2.30. The number of hydrogen-bond donors (Lipinski definition) is 1. The molecule has 0 saturated heterocycles. The van der Waals surface area contributed by atoms with Crippen molar-refractivity contribution in [3.8, 4) is 0 Å². The average molecular weight is 356 g/mol. The predicted octanol–water partition coefficient (Wildman–Crippen LogP) is 4.32. The molecule has 2 rings (SSSR count). The van der Waals surface area contributed by atoms with Crippen molar-refractivity contribution in [1.29, 1.82) is 0 Å². The van der Waals surface area contributed by atoms with Gasteiger partial charge in [0.25, 0.3) is 5.91 Å². The van der Waals surface area contributed by atoms with E-state index in [1.807, 2.05) is 0 Å². The predicted molar refractivity (Wildman–Crippen MR) is 86.4 cm³/mol.